The monoisotopic (exact) mass is 251 g/mol. The van der Waals surface area contributed by atoms with Crippen LogP contribution in [0.2, 0.25) is 0 Å². The first-order chi connectivity index (χ1) is 7.91. The Morgan fingerprint density at radius 3 is 2.12 bits per heavy atom. The van der Waals surface area contributed by atoms with Gasteiger partial charge >= 0.3 is 0 Å². The minimum absolute atomic E-state index is 0.0904. The van der Waals surface area contributed by atoms with Gasteiger partial charge in [0.1, 0.15) is 5.38 Å². The van der Waals surface area contributed by atoms with E-state index < -0.39 is 5.38 Å². The van der Waals surface area contributed by atoms with Crippen molar-refractivity contribution in [2.24, 2.45) is 0 Å². The predicted octanol–water partition coefficient (Wildman–Crippen LogP) is 2.48. The molecule has 1 saturated heterocycles. The Morgan fingerprint density at radius 2 is 1.71 bits per heavy atom. The molecule has 1 atom stereocenters. The number of rotatable bonds is 1. The highest BCUT2D eigenvalue weighted by Gasteiger charge is 2.39. The number of halogens is 1. The average molecular weight is 252 g/mol. The van der Waals surface area contributed by atoms with Crippen molar-refractivity contribution in [3.05, 3.63) is 28.8 Å². The quantitative estimate of drug-likeness (QED) is 0.568. The Kier molecular flexibility index (Phi) is 2.96. The normalized spacial score (nSPS) is 20.2. The molecule has 1 heterocycles. The van der Waals surface area contributed by atoms with Crippen molar-refractivity contribution in [3.63, 3.8) is 0 Å². The summed E-state index contributed by atoms with van der Waals surface area (Å²) in [6.45, 7) is 5.79. The number of nitrogens with zero attached hydrogens (tertiary/aromatic N) is 1. The number of carbonyl (C=O) groups excluding carboxylic acids is 2. The summed E-state index contributed by atoms with van der Waals surface area (Å²) in [4.78, 5) is 24.9. The highest BCUT2D eigenvalue weighted by molar-refractivity contribution is 6.41. The summed E-state index contributed by atoms with van der Waals surface area (Å²) in [5.74, 6) is -0.531. The lowest BCUT2D eigenvalue weighted by molar-refractivity contribution is -0.121. The molecule has 0 aromatic heterocycles. The van der Waals surface area contributed by atoms with Gasteiger partial charge in [0.25, 0.3) is 5.91 Å². The molecule has 1 aromatic carbocycles. The molecule has 1 unspecified atom stereocenters. The van der Waals surface area contributed by atoms with E-state index in [1.165, 1.54) is 4.90 Å². The average Bonchev–Trinajstić information content (AvgIpc) is 2.43. The lowest BCUT2D eigenvalue weighted by Crippen LogP contribution is -2.32. The maximum absolute atomic E-state index is 11.9. The summed E-state index contributed by atoms with van der Waals surface area (Å²) >= 11 is 5.83. The van der Waals surface area contributed by atoms with Crippen LogP contribution in [0, 0.1) is 20.8 Å². The molecule has 0 aliphatic carbocycles. The second-order valence-electron chi connectivity index (χ2n) is 4.49. The summed E-state index contributed by atoms with van der Waals surface area (Å²) in [7, 11) is 0. The molecule has 90 valence electrons. The Bertz CT molecular complexity index is 487. The number of aryl methyl sites for hydroxylation is 3. The third kappa shape index (κ3) is 1.95. The largest absolute Gasteiger partial charge is 0.274 e. The number of anilines is 1. The summed E-state index contributed by atoms with van der Waals surface area (Å²) in [5.41, 5.74) is 3.66. The first kappa shape index (κ1) is 12.1. The Morgan fingerprint density at radius 1 is 1.18 bits per heavy atom. The summed E-state index contributed by atoms with van der Waals surface area (Å²) in [5, 5.41) is -0.720. The van der Waals surface area contributed by atoms with E-state index >= 15 is 0 Å². The molecule has 4 heteroatoms. The minimum Gasteiger partial charge on any atom is -0.274 e. The molecule has 1 aliphatic heterocycles. The van der Waals surface area contributed by atoms with Crippen LogP contribution < -0.4 is 4.90 Å². The van der Waals surface area contributed by atoms with Gasteiger partial charge in [-0.25, -0.2) is 4.90 Å². The van der Waals surface area contributed by atoms with Crippen LogP contribution in [0.15, 0.2) is 12.1 Å². The number of hydrogen-bond acceptors (Lipinski definition) is 2. The van der Waals surface area contributed by atoms with E-state index in [2.05, 4.69) is 0 Å². The molecule has 2 amide bonds. The molecule has 3 nitrogen and oxygen atoms in total. The van der Waals surface area contributed by atoms with E-state index in [1.54, 1.807) is 0 Å². The molecule has 0 radical (unpaired) electrons. The van der Waals surface area contributed by atoms with E-state index in [9.17, 15) is 9.59 Å². The van der Waals surface area contributed by atoms with Gasteiger partial charge in [-0.15, -0.1) is 11.6 Å². The lowest BCUT2D eigenvalue weighted by Gasteiger charge is -2.20. The summed E-state index contributed by atoms with van der Waals surface area (Å²) < 4.78 is 0. The zero-order valence-electron chi connectivity index (χ0n) is 10.1. The van der Waals surface area contributed by atoms with Crippen LogP contribution in [0.3, 0.4) is 0 Å². The number of carbonyl (C=O) groups is 2. The van der Waals surface area contributed by atoms with Crippen LogP contribution in [0.25, 0.3) is 0 Å². The fraction of sp³-hybridized carbons (Fsp3) is 0.385. The predicted molar refractivity (Wildman–Crippen MR) is 67.4 cm³/mol. The molecule has 17 heavy (non-hydrogen) atoms. The van der Waals surface area contributed by atoms with Crippen molar-refractivity contribution in [2.75, 3.05) is 4.90 Å². The van der Waals surface area contributed by atoms with Gasteiger partial charge in [0.05, 0.1) is 12.1 Å². The van der Waals surface area contributed by atoms with Crippen LogP contribution in [0.5, 0.6) is 0 Å². The molecule has 0 spiro atoms. The van der Waals surface area contributed by atoms with E-state index in [4.69, 9.17) is 11.6 Å². The van der Waals surface area contributed by atoms with Gasteiger partial charge < -0.3 is 0 Å². The van der Waals surface area contributed by atoms with E-state index in [-0.39, 0.29) is 18.2 Å². The Hall–Kier alpha value is -1.35. The first-order valence-electron chi connectivity index (χ1n) is 5.50. The number of amides is 2. The van der Waals surface area contributed by atoms with Crippen LogP contribution in [0.1, 0.15) is 23.1 Å². The summed E-state index contributed by atoms with van der Waals surface area (Å²) in [6, 6.07) is 3.93. The fourth-order valence-corrected chi connectivity index (χ4v) is 2.58. The minimum atomic E-state index is -0.720. The molecule has 0 saturated carbocycles. The molecule has 0 bridgehead atoms. The second kappa shape index (κ2) is 4.15. The molecule has 1 aliphatic rings. The van der Waals surface area contributed by atoms with Gasteiger partial charge in [-0.1, -0.05) is 17.7 Å². The van der Waals surface area contributed by atoms with Gasteiger partial charge in [-0.3, -0.25) is 9.59 Å². The van der Waals surface area contributed by atoms with E-state index in [0.717, 1.165) is 16.7 Å². The Balaban J connectivity index is 2.55. The number of alkyl halides is 1. The van der Waals surface area contributed by atoms with Crippen molar-refractivity contribution < 1.29 is 9.59 Å². The van der Waals surface area contributed by atoms with Crippen LogP contribution >= 0.6 is 11.6 Å². The number of benzene rings is 1. The van der Waals surface area contributed by atoms with Crippen LogP contribution in [0.4, 0.5) is 5.69 Å². The van der Waals surface area contributed by atoms with E-state index in [0.29, 0.717) is 5.69 Å². The van der Waals surface area contributed by atoms with Gasteiger partial charge in [0.15, 0.2) is 0 Å². The number of imide groups is 1. The van der Waals surface area contributed by atoms with Crippen molar-refractivity contribution in [2.45, 2.75) is 32.6 Å². The molecule has 2 rings (SSSR count). The first-order valence-corrected chi connectivity index (χ1v) is 5.94. The molecule has 0 N–H and O–H groups in total. The molecule has 1 fully saturated rings. The van der Waals surface area contributed by atoms with Crippen LogP contribution in [-0.4, -0.2) is 17.2 Å². The number of hydrogen-bond donors (Lipinski definition) is 0. The smallest absolute Gasteiger partial charge is 0.252 e. The van der Waals surface area contributed by atoms with Gasteiger partial charge in [0.2, 0.25) is 5.91 Å². The van der Waals surface area contributed by atoms with E-state index in [1.807, 2.05) is 32.9 Å². The third-order valence-electron chi connectivity index (χ3n) is 2.95. The molecular weight excluding hydrogens is 238 g/mol. The standard InChI is InChI=1S/C13H14ClNO2/c1-7-4-8(2)12(9(3)5-7)15-11(16)6-10(14)13(15)17/h4-5,10H,6H2,1-3H3. The third-order valence-corrected chi connectivity index (χ3v) is 3.29. The topological polar surface area (TPSA) is 37.4 Å². The van der Waals surface area contributed by atoms with Crippen molar-refractivity contribution >= 4 is 29.1 Å². The molecular formula is C13H14ClNO2. The lowest BCUT2D eigenvalue weighted by atomic mass is 10.0. The highest BCUT2D eigenvalue weighted by Crippen LogP contribution is 2.31. The SMILES string of the molecule is Cc1cc(C)c(N2C(=O)CC(Cl)C2=O)c(C)c1. The van der Waals surface area contributed by atoms with Crippen molar-refractivity contribution in [1.29, 1.82) is 0 Å². The zero-order chi connectivity index (χ0) is 12.7. The van der Waals surface area contributed by atoms with Crippen molar-refractivity contribution in [1.82, 2.24) is 0 Å². The maximum Gasteiger partial charge on any atom is 0.252 e. The zero-order valence-corrected chi connectivity index (χ0v) is 10.8. The molecule has 1 aromatic rings. The van der Waals surface area contributed by atoms with Gasteiger partial charge in [-0.2, -0.15) is 0 Å². The Labute approximate surface area is 105 Å². The maximum atomic E-state index is 11.9. The highest BCUT2D eigenvalue weighted by atomic mass is 35.5. The second-order valence-corrected chi connectivity index (χ2v) is 5.01. The van der Waals surface area contributed by atoms with Gasteiger partial charge in [0, 0.05) is 0 Å². The summed E-state index contributed by atoms with van der Waals surface area (Å²) in [6.07, 6.45) is 0.0904. The fourth-order valence-electron chi connectivity index (χ4n) is 2.35. The van der Waals surface area contributed by atoms with Gasteiger partial charge in [-0.05, 0) is 31.9 Å². The van der Waals surface area contributed by atoms with Crippen LogP contribution in [-0.2, 0) is 9.59 Å². The van der Waals surface area contributed by atoms with Crippen molar-refractivity contribution in [3.8, 4) is 0 Å².